The lowest BCUT2D eigenvalue weighted by molar-refractivity contribution is 0.122. The molecule has 0 aromatic heterocycles. The van der Waals surface area contributed by atoms with E-state index in [-0.39, 0.29) is 6.04 Å². The molecule has 3 heteroatoms. The monoisotopic (exact) mass is 282 g/mol. The van der Waals surface area contributed by atoms with E-state index in [0.717, 1.165) is 31.9 Å². The highest BCUT2D eigenvalue weighted by molar-refractivity contribution is 5.60. The first kappa shape index (κ1) is 14.1. The van der Waals surface area contributed by atoms with Crippen molar-refractivity contribution in [3.05, 3.63) is 65.2 Å². The molecule has 0 unspecified atom stereocenters. The van der Waals surface area contributed by atoms with E-state index in [1.807, 2.05) is 18.2 Å². The summed E-state index contributed by atoms with van der Waals surface area (Å²) < 4.78 is 5.46. The summed E-state index contributed by atoms with van der Waals surface area (Å²) in [5, 5.41) is 0. The van der Waals surface area contributed by atoms with Crippen molar-refractivity contribution >= 4 is 5.69 Å². The molecule has 3 nitrogen and oxygen atoms in total. The van der Waals surface area contributed by atoms with Gasteiger partial charge >= 0.3 is 0 Å². The lowest BCUT2D eigenvalue weighted by atomic mass is 9.93. The van der Waals surface area contributed by atoms with E-state index in [4.69, 9.17) is 10.5 Å². The Hall–Kier alpha value is -1.84. The average molecular weight is 282 g/mol. The fourth-order valence-corrected chi connectivity index (χ4v) is 2.98. The summed E-state index contributed by atoms with van der Waals surface area (Å²) in [7, 11) is 0. The fourth-order valence-electron chi connectivity index (χ4n) is 2.98. The molecule has 1 saturated heterocycles. The first-order valence-electron chi connectivity index (χ1n) is 7.50. The predicted molar refractivity (Wildman–Crippen MR) is 86.7 cm³/mol. The Balaban J connectivity index is 2.00. The number of nitrogens with zero attached hydrogens (tertiary/aromatic N) is 1. The molecule has 0 spiro atoms. The van der Waals surface area contributed by atoms with Gasteiger partial charge in [0, 0.05) is 18.8 Å². The number of benzene rings is 2. The molecule has 3 rings (SSSR count). The van der Waals surface area contributed by atoms with Gasteiger partial charge in [0.25, 0.3) is 0 Å². The van der Waals surface area contributed by atoms with Gasteiger partial charge in [0.1, 0.15) is 0 Å². The Morgan fingerprint density at radius 2 is 1.71 bits per heavy atom. The van der Waals surface area contributed by atoms with Crippen LogP contribution in [0.1, 0.15) is 22.7 Å². The quantitative estimate of drug-likeness (QED) is 0.940. The van der Waals surface area contributed by atoms with E-state index in [1.165, 1.54) is 16.8 Å². The first-order valence-corrected chi connectivity index (χ1v) is 7.50. The molecule has 2 N–H and O–H groups in total. The van der Waals surface area contributed by atoms with Crippen molar-refractivity contribution in [3.63, 3.8) is 0 Å². The largest absolute Gasteiger partial charge is 0.378 e. The summed E-state index contributed by atoms with van der Waals surface area (Å²) in [6.07, 6.45) is 0. The molecule has 2 aromatic rings. The topological polar surface area (TPSA) is 38.5 Å². The fraction of sp³-hybridized carbons (Fsp3) is 0.333. The Bertz CT molecular complexity index is 591. The Morgan fingerprint density at radius 1 is 1.00 bits per heavy atom. The maximum atomic E-state index is 6.57. The second-order valence-corrected chi connectivity index (χ2v) is 5.50. The van der Waals surface area contributed by atoms with Gasteiger partial charge in [-0.05, 0) is 29.7 Å². The number of ether oxygens (including phenoxy) is 1. The van der Waals surface area contributed by atoms with Gasteiger partial charge in [0.15, 0.2) is 0 Å². The summed E-state index contributed by atoms with van der Waals surface area (Å²) in [5.74, 6) is 0. The lowest BCUT2D eigenvalue weighted by Gasteiger charge is -2.32. The summed E-state index contributed by atoms with van der Waals surface area (Å²) in [6.45, 7) is 5.57. The SMILES string of the molecule is Cc1cccc(N2CCOCC2)c1[C@H](N)c1ccccc1. The summed E-state index contributed by atoms with van der Waals surface area (Å²) in [6, 6.07) is 16.6. The predicted octanol–water partition coefficient (Wildman–Crippen LogP) is 2.88. The second kappa shape index (κ2) is 6.29. The molecule has 2 aromatic carbocycles. The number of hydrogen-bond acceptors (Lipinski definition) is 3. The third-order valence-electron chi connectivity index (χ3n) is 4.12. The normalized spacial score (nSPS) is 16.8. The third-order valence-corrected chi connectivity index (χ3v) is 4.12. The van der Waals surface area contributed by atoms with Crippen molar-refractivity contribution in [2.75, 3.05) is 31.2 Å². The minimum absolute atomic E-state index is 0.0924. The van der Waals surface area contributed by atoms with Gasteiger partial charge in [0.05, 0.1) is 19.3 Å². The Labute approximate surface area is 126 Å². The molecule has 0 saturated carbocycles. The van der Waals surface area contributed by atoms with Crippen LogP contribution in [0.4, 0.5) is 5.69 Å². The molecule has 1 aliphatic heterocycles. The van der Waals surface area contributed by atoms with Crippen molar-refractivity contribution in [3.8, 4) is 0 Å². The molecule has 110 valence electrons. The molecular formula is C18H22N2O. The molecule has 0 radical (unpaired) electrons. The lowest BCUT2D eigenvalue weighted by Crippen LogP contribution is -2.37. The zero-order chi connectivity index (χ0) is 14.7. The van der Waals surface area contributed by atoms with Crippen LogP contribution in [0, 0.1) is 6.92 Å². The van der Waals surface area contributed by atoms with Gasteiger partial charge in [-0.25, -0.2) is 0 Å². The molecule has 1 fully saturated rings. The molecule has 0 amide bonds. The molecule has 1 aliphatic rings. The number of aryl methyl sites for hydroxylation is 1. The van der Waals surface area contributed by atoms with Crippen molar-refractivity contribution in [1.82, 2.24) is 0 Å². The van der Waals surface area contributed by atoms with Crippen LogP contribution in [0.15, 0.2) is 48.5 Å². The van der Waals surface area contributed by atoms with Gasteiger partial charge in [-0.15, -0.1) is 0 Å². The van der Waals surface area contributed by atoms with Crippen molar-refractivity contribution < 1.29 is 4.74 Å². The molecule has 1 heterocycles. The van der Waals surface area contributed by atoms with Crippen LogP contribution in [0.5, 0.6) is 0 Å². The molecule has 0 bridgehead atoms. The molecule has 1 atom stereocenters. The van der Waals surface area contributed by atoms with Crippen LogP contribution in [0.3, 0.4) is 0 Å². The smallest absolute Gasteiger partial charge is 0.0642 e. The van der Waals surface area contributed by atoms with Crippen LogP contribution in [0.25, 0.3) is 0 Å². The number of anilines is 1. The van der Waals surface area contributed by atoms with E-state index < -0.39 is 0 Å². The third kappa shape index (κ3) is 2.94. The summed E-state index contributed by atoms with van der Waals surface area (Å²) in [4.78, 5) is 2.38. The van der Waals surface area contributed by atoms with Crippen LogP contribution in [0.2, 0.25) is 0 Å². The number of nitrogens with two attached hydrogens (primary N) is 1. The maximum Gasteiger partial charge on any atom is 0.0642 e. The number of morpholine rings is 1. The molecule has 0 aliphatic carbocycles. The average Bonchev–Trinajstić information content (AvgIpc) is 2.55. The maximum absolute atomic E-state index is 6.57. The molecular weight excluding hydrogens is 260 g/mol. The van der Waals surface area contributed by atoms with Crippen molar-refractivity contribution in [2.45, 2.75) is 13.0 Å². The van der Waals surface area contributed by atoms with Crippen molar-refractivity contribution in [1.29, 1.82) is 0 Å². The van der Waals surface area contributed by atoms with Gasteiger partial charge in [-0.3, -0.25) is 0 Å². The standard InChI is InChI=1S/C18H22N2O/c1-14-6-5-9-16(20-10-12-21-13-11-20)17(14)18(19)15-7-3-2-4-8-15/h2-9,18H,10-13,19H2,1H3/t18-/m1/s1. The van der Waals surface area contributed by atoms with Crippen LogP contribution in [-0.2, 0) is 4.74 Å². The van der Waals surface area contributed by atoms with E-state index in [0.29, 0.717) is 0 Å². The first-order chi connectivity index (χ1) is 10.3. The Kier molecular flexibility index (Phi) is 4.23. The van der Waals surface area contributed by atoms with E-state index in [1.54, 1.807) is 0 Å². The number of hydrogen-bond donors (Lipinski definition) is 1. The van der Waals surface area contributed by atoms with E-state index >= 15 is 0 Å². The van der Waals surface area contributed by atoms with E-state index in [2.05, 4.69) is 42.2 Å². The summed E-state index contributed by atoms with van der Waals surface area (Å²) in [5.41, 5.74) is 11.4. The van der Waals surface area contributed by atoms with Gasteiger partial charge in [-0.1, -0.05) is 42.5 Å². The van der Waals surface area contributed by atoms with Gasteiger partial charge in [0.2, 0.25) is 0 Å². The van der Waals surface area contributed by atoms with Gasteiger partial charge in [-0.2, -0.15) is 0 Å². The highest BCUT2D eigenvalue weighted by Crippen LogP contribution is 2.32. The highest BCUT2D eigenvalue weighted by Gasteiger charge is 2.20. The van der Waals surface area contributed by atoms with E-state index in [9.17, 15) is 0 Å². The van der Waals surface area contributed by atoms with Crippen LogP contribution >= 0.6 is 0 Å². The van der Waals surface area contributed by atoms with Crippen molar-refractivity contribution in [2.24, 2.45) is 5.73 Å². The second-order valence-electron chi connectivity index (χ2n) is 5.50. The van der Waals surface area contributed by atoms with Crippen LogP contribution in [-0.4, -0.2) is 26.3 Å². The van der Waals surface area contributed by atoms with Gasteiger partial charge < -0.3 is 15.4 Å². The molecule has 21 heavy (non-hydrogen) atoms. The minimum atomic E-state index is -0.0924. The zero-order valence-corrected chi connectivity index (χ0v) is 12.5. The Morgan fingerprint density at radius 3 is 2.43 bits per heavy atom. The number of rotatable bonds is 3. The highest BCUT2D eigenvalue weighted by atomic mass is 16.5. The minimum Gasteiger partial charge on any atom is -0.378 e. The zero-order valence-electron chi connectivity index (χ0n) is 12.5. The van der Waals surface area contributed by atoms with Crippen LogP contribution < -0.4 is 10.6 Å². The summed E-state index contributed by atoms with van der Waals surface area (Å²) >= 11 is 0.